The number of hydrogen-bond donors (Lipinski definition) is 2. The van der Waals surface area contributed by atoms with Crippen molar-refractivity contribution >= 4 is 28.3 Å². The number of hydrogen-bond acceptors (Lipinski definition) is 4. The van der Waals surface area contributed by atoms with Gasteiger partial charge < -0.3 is 15.8 Å². The van der Waals surface area contributed by atoms with Crippen LogP contribution in [0.4, 0.5) is 5.69 Å². The van der Waals surface area contributed by atoms with Gasteiger partial charge in [0.05, 0.1) is 5.69 Å². The maximum Gasteiger partial charge on any atom is 1.00 e. The number of carbonyl (C=O) groups excluding carboxylic acids is 2. The summed E-state index contributed by atoms with van der Waals surface area (Å²) in [6.45, 7) is 12.4. The van der Waals surface area contributed by atoms with Crippen LogP contribution in [0.15, 0.2) is 77.6 Å². The van der Waals surface area contributed by atoms with Crippen molar-refractivity contribution in [3.8, 4) is 0 Å². The molecule has 1 amide bonds. The summed E-state index contributed by atoms with van der Waals surface area (Å²) in [5.41, 5.74) is 4.29. The molecule has 240 valence electrons. The summed E-state index contributed by atoms with van der Waals surface area (Å²) >= 11 is 0. The Morgan fingerprint density at radius 3 is 2.04 bits per heavy atom. The molecule has 1 heterocycles. The molecule has 0 fully saturated rings. The third-order valence-electron chi connectivity index (χ3n) is 7.19. The zero-order chi connectivity index (χ0) is 31.6. The van der Waals surface area contributed by atoms with E-state index in [-0.39, 0.29) is 52.2 Å². The standard InChI is InChI=1S/C19H27NO2.C19H25NO.Na.H2O/c1-4-18(21)16-12-9-10-13-17(16)20-19(22)14-8-6-5-7-11-15(2)3;1-14(2)10-6-4-5-7-12-17-15(3)19(21)16-11-8-9-13-18(16)20-17;;/h7,9-13,15H,4-6,8,14H2,1-3H3,(H,20,22);6,8-11,13-14H,4-5,7,12H2,1-3H3,(H,20,21);;1H2/q;;+1;/p-1/b11-7+;10-6+;;. The van der Waals surface area contributed by atoms with E-state index in [1.807, 2.05) is 50.2 Å². The summed E-state index contributed by atoms with van der Waals surface area (Å²) in [5.74, 6) is 1.24. The molecule has 3 rings (SSSR count). The number of aromatic amines is 1. The Morgan fingerprint density at radius 2 is 1.42 bits per heavy atom. The first kappa shape index (κ1) is 42.2. The number of aryl methyl sites for hydroxylation is 1. The van der Waals surface area contributed by atoms with Crippen LogP contribution in [0.1, 0.15) is 108 Å². The van der Waals surface area contributed by atoms with Crippen molar-refractivity contribution in [3.05, 3.63) is 99.9 Å². The number of unbranched alkanes of at least 4 members (excludes halogenated alkanes) is 4. The average molecular weight is 625 g/mol. The molecule has 3 aromatic rings. The largest absolute Gasteiger partial charge is 1.00 e. The van der Waals surface area contributed by atoms with E-state index < -0.39 is 0 Å². The number of allylic oxidation sites excluding steroid dienone is 4. The molecule has 0 aliphatic rings. The van der Waals surface area contributed by atoms with Crippen LogP contribution in [0, 0.1) is 18.8 Å². The Morgan fingerprint density at radius 1 is 0.844 bits per heavy atom. The summed E-state index contributed by atoms with van der Waals surface area (Å²) in [5, 5.41) is 3.65. The molecule has 0 saturated carbocycles. The molecule has 1 aromatic heterocycles. The van der Waals surface area contributed by atoms with Gasteiger partial charge in [-0.25, -0.2) is 0 Å². The Labute approximate surface area is 292 Å². The van der Waals surface area contributed by atoms with Gasteiger partial charge in [-0.1, -0.05) is 83.2 Å². The van der Waals surface area contributed by atoms with E-state index in [1.165, 1.54) is 0 Å². The molecule has 2 aromatic carbocycles. The Kier molecular flexibility index (Phi) is 22.1. The number of anilines is 1. The van der Waals surface area contributed by atoms with Crippen molar-refractivity contribution < 1.29 is 44.6 Å². The fourth-order valence-electron chi connectivity index (χ4n) is 4.72. The van der Waals surface area contributed by atoms with E-state index >= 15 is 0 Å². The molecule has 7 heteroatoms. The van der Waals surface area contributed by atoms with Gasteiger partial charge in [0, 0.05) is 40.6 Å². The first-order valence-electron chi connectivity index (χ1n) is 16.0. The summed E-state index contributed by atoms with van der Waals surface area (Å²) in [6, 6.07) is 14.9. The minimum absolute atomic E-state index is 0. The number of Topliss-reactive ketones (excluding diaryl/α,β-unsaturated/α-hetero) is 1. The normalized spacial score (nSPS) is 10.9. The number of fused-ring (bicyclic) bond motifs is 1. The van der Waals surface area contributed by atoms with Crippen molar-refractivity contribution in [2.75, 3.05) is 5.32 Å². The molecular formula is C38H53N2NaO4. The van der Waals surface area contributed by atoms with Gasteiger partial charge in [-0.15, -0.1) is 0 Å². The Bertz CT molecular complexity index is 1420. The topological polar surface area (TPSA) is 109 Å². The van der Waals surface area contributed by atoms with Crippen LogP contribution in [0.25, 0.3) is 10.9 Å². The van der Waals surface area contributed by atoms with E-state index in [4.69, 9.17) is 0 Å². The van der Waals surface area contributed by atoms with Crippen molar-refractivity contribution in [1.82, 2.24) is 4.98 Å². The van der Waals surface area contributed by atoms with Gasteiger partial charge in [0.2, 0.25) is 5.91 Å². The van der Waals surface area contributed by atoms with Crippen LogP contribution in [0.3, 0.4) is 0 Å². The molecule has 0 spiro atoms. The van der Waals surface area contributed by atoms with Gasteiger partial charge >= 0.3 is 29.6 Å². The zero-order valence-electron chi connectivity index (χ0n) is 28.6. The first-order valence-corrected chi connectivity index (χ1v) is 16.0. The second kappa shape index (κ2) is 23.6. The molecule has 0 atom stereocenters. The quantitative estimate of drug-likeness (QED) is 0.0862. The van der Waals surface area contributed by atoms with Gasteiger partial charge in [0.1, 0.15) is 0 Å². The number of benzene rings is 2. The van der Waals surface area contributed by atoms with E-state index in [0.29, 0.717) is 35.9 Å². The molecule has 3 N–H and O–H groups in total. The van der Waals surface area contributed by atoms with Crippen molar-refractivity contribution in [2.24, 2.45) is 11.8 Å². The van der Waals surface area contributed by atoms with Crippen LogP contribution in [-0.2, 0) is 11.2 Å². The van der Waals surface area contributed by atoms with Crippen LogP contribution in [0.5, 0.6) is 0 Å². The molecular weight excluding hydrogens is 571 g/mol. The smallest absolute Gasteiger partial charge is 0.870 e. The number of rotatable bonds is 15. The van der Waals surface area contributed by atoms with Gasteiger partial charge in [0.25, 0.3) is 0 Å². The second-order valence-electron chi connectivity index (χ2n) is 11.8. The van der Waals surface area contributed by atoms with Gasteiger partial charge in [-0.05, 0) is 88.0 Å². The third kappa shape index (κ3) is 15.9. The Hall–Kier alpha value is -2.77. The minimum atomic E-state index is -0.0239. The van der Waals surface area contributed by atoms with E-state index in [9.17, 15) is 14.4 Å². The van der Waals surface area contributed by atoms with E-state index in [2.05, 4.69) is 62.3 Å². The van der Waals surface area contributed by atoms with Crippen molar-refractivity contribution in [1.29, 1.82) is 0 Å². The Balaban J connectivity index is 0.000000824. The van der Waals surface area contributed by atoms with Crippen LogP contribution in [0.2, 0.25) is 0 Å². The fourth-order valence-corrected chi connectivity index (χ4v) is 4.72. The van der Waals surface area contributed by atoms with E-state index in [0.717, 1.165) is 67.1 Å². The molecule has 0 saturated heterocycles. The van der Waals surface area contributed by atoms with Gasteiger partial charge in [0.15, 0.2) is 11.2 Å². The van der Waals surface area contributed by atoms with Gasteiger partial charge in [-0.2, -0.15) is 0 Å². The number of amides is 1. The number of aromatic nitrogens is 1. The van der Waals surface area contributed by atoms with Crippen molar-refractivity contribution in [2.45, 2.75) is 99.3 Å². The number of ketones is 1. The summed E-state index contributed by atoms with van der Waals surface area (Å²) in [7, 11) is 0. The minimum Gasteiger partial charge on any atom is -0.870 e. The maximum atomic E-state index is 12.3. The maximum absolute atomic E-state index is 12.3. The number of para-hydroxylation sites is 2. The number of carbonyl (C=O) groups is 2. The SMILES string of the molecule is CCC(=O)c1ccccc1NC(=O)CCCC/C=C/C(C)C.Cc1c(CCCC/C=C/C(C)C)[nH]c2ccccc2c1=O.[Na+].[OH-]. The monoisotopic (exact) mass is 624 g/mol. The summed E-state index contributed by atoms with van der Waals surface area (Å²) in [6.07, 6.45) is 17.0. The predicted octanol–water partition coefficient (Wildman–Crippen LogP) is 6.58. The number of H-pyrrole nitrogens is 1. The molecule has 0 radical (unpaired) electrons. The van der Waals surface area contributed by atoms with Crippen LogP contribution < -0.4 is 40.3 Å². The predicted molar refractivity (Wildman–Crippen MR) is 185 cm³/mol. The fraction of sp³-hybridized carbons (Fsp3) is 0.447. The third-order valence-corrected chi connectivity index (χ3v) is 7.19. The van der Waals surface area contributed by atoms with Crippen LogP contribution in [-0.4, -0.2) is 22.2 Å². The summed E-state index contributed by atoms with van der Waals surface area (Å²) in [4.78, 5) is 39.6. The van der Waals surface area contributed by atoms with Gasteiger partial charge in [-0.3, -0.25) is 14.4 Å². The molecule has 6 nitrogen and oxygen atoms in total. The van der Waals surface area contributed by atoms with Crippen molar-refractivity contribution in [3.63, 3.8) is 0 Å². The second-order valence-corrected chi connectivity index (χ2v) is 11.8. The summed E-state index contributed by atoms with van der Waals surface area (Å²) < 4.78 is 0. The molecule has 45 heavy (non-hydrogen) atoms. The van der Waals surface area contributed by atoms with Crippen LogP contribution >= 0.6 is 0 Å². The zero-order valence-corrected chi connectivity index (χ0v) is 30.6. The van der Waals surface area contributed by atoms with E-state index in [1.54, 1.807) is 12.1 Å². The number of pyridine rings is 1. The molecule has 0 aliphatic carbocycles. The first-order chi connectivity index (χ1) is 20.6. The molecule has 0 aliphatic heterocycles. The average Bonchev–Trinajstić information content (AvgIpc) is 2.99. The molecule has 0 unspecified atom stereocenters. The molecule has 0 bridgehead atoms. The number of nitrogens with one attached hydrogen (secondary N) is 2.